The lowest BCUT2D eigenvalue weighted by atomic mass is 10.1. The maximum atomic E-state index is 13.0. The summed E-state index contributed by atoms with van der Waals surface area (Å²) in [7, 11) is -2.71. The lowest BCUT2D eigenvalue weighted by Gasteiger charge is -2.17. The average molecular weight is 534 g/mol. The molecule has 0 saturated heterocycles. The van der Waals surface area contributed by atoms with Gasteiger partial charge in [0.1, 0.15) is 16.7 Å². The van der Waals surface area contributed by atoms with Crippen LogP contribution in [-0.4, -0.2) is 47.8 Å². The second-order valence-corrected chi connectivity index (χ2v) is 10.3. The van der Waals surface area contributed by atoms with E-state index in [1.807, 2.05) is 0 Å². The van der Waals surface area contributed by atoms with Crippen molar-refractivity contribution in [2.75, 3.05) is 17.7 Å². The van der Waals surface area contributed by atoms with E-state index < -0.39 is 32.7 Å². The molecule has 36 heavy (non-hydrogen) atoms. The molecule has 1 heterocycles. The van der Waals surface area contributed by atoms with Crippen LogP contribution in [0.1, 0.15) is 29.3 Å². The van der Waals surface area contributed by atoms with Gasteiger partial charge in [0.15, 0.2) is 9.84 Å². The van der Waals surface area contributed by atoms with Crippen LogP contribution in [0.25, 0.3) is 0 Å². The number of sulfone groups is 1. The summed E-state index contributed by atoms with van der Waals surface area (Å²) in [5.41, 5.74) is 0.598. The Morgan fingerprint density at radius 2 is 1.78 bits per heavy atom. The van der Waals surface area contributed by atoms with E-state index in [2.05, 4.69) is 15.6 Å². The Balaban J connectivity index is 1.81. The van der Waals surface area contributed by atoms with Gasteiger partial charge in [-0.05, 0) is 37.6 Å². The number of hydrogen-bond acceptors (Lipinski definition) is 8. The summed E-state index contributed by atoms with van der Waals surface area (Å²) in [4.78, 5) is 29.2. The van der Waals surface area contributed by atoms with Crippen molar-refractivity contribution in [1.29, 1.82) is 0 Å². The molecular weight excluding hydrogens is 510 g/mol. The molecule has 190 valence electrons. The van der Waals surface area contributed by atoms with Crippen molar-refractivity contribution in [3.8, 4) is 17.4 Å². The smallest absolute Gasteiger partial charge is 0.259 e. The Morgan fingerprint density at radius 3 is 2.39 bits per heavy atom. The van der Waals surface area contributed by atoms with Gasteiger partial charge in [0, 0.05) is 18.3 Å². The standard InChI is InChI=1S/C24H24ClN3O7S/c1-4-21(36(33,34)14-6-8-22(35-3)26-12-14)24(32)27-17-11-20(30)18(10-16(17)25)28-23(31)15-9-13(2)5-7-19(15)29/h5-12,21,29-30H,4H2,1-3H3,(H,27,32)(H,28,31). The van der Waals surface area contributed by atoms with Gasteiger partial charge in [-0.1, -0.05) is 30.2 Å². The van der Waals surface area contributed by atoms with Crippen LogP contribution in [0.4, 0.5) is 11.4 Å². The maximum absolute atomic E-state index is 13.0. The highest BCUT2D eigenvalue weighted by molar-refractivity contribution is 7.92. The number of ether oxygens (including phenoxy) is 1. The second-order valence-electron chi connectivity index (χ2n) is 7.79. The zero-order valence-corrected chi connectivity index (χ0v) is 21.1. The normalized spacial score (nSPS) is 12.0. The number of carbonyl (C=O) groups excluding carboxylic acids is 2. The van der Waals surface area contributed by atoms with E-state index in [4.69, 9.17) is 16.3 Å². The van der Waals surface area contributed by atoms with Gasteiger partial charge in [-0.15, -0.1) is 0 Å². The molecule has 10 nitrogen and oxygen atoms in total. The predicted molar refractivity (Wildman–Crippen MR) is 135 cm³/mol. The fraction of sp³-hybridized carbons (Fsp3) is 0.208. The van der Waals surface area contributed by atoms with Gasteiger partial charge in [0.25, 0.3) is 5.91 Å². The summed E-state index contributed by atoms with van der Waals surface area (Å²) in [6, 6.07) is 9.42. The third-order valence-electron chi connectivity index (χ3n) is 5.27. The van der Waals surface area contributed by atoms with Crippen LogP contribution in [0.3, 0.4) is 0 Å². The van der Waals surface area contributed by atoms with E-state index in [1.54, 1.807) is 13.0 Å². The molecule has 1 atom stereocenters. The number of carbonyl (C=O) groups is 2. The van der Waals surface area contributed by atoms with Crippen molar-refractivity contribution in [2.45, 2.75) is 30.4 Å². The number of nitrogens with one attached hydrogen (secondary N) is 2. The molecule has 2 aromatic carbocycles. The van der Waals surface area contributed by atoms with Crippen LogP contribution in [0.5, 0.6) is 17.4 Å². The summed E-state index contributed by atoms with van der Waals surface area (Å²) in [5.74, 6) is -2.02. The van der Waals surface area contributed by atoms with Crippen LogP contribution in [0, 0.1) is 6.92 Å². The Labute approximate surface area is 212 Å². The molecule has 0 spiro atoms. The Kier molecular flexibility index (Phi) is 8.06. The topological polar surface area (TPSA) is 155 Å². The number of hydrogen-bond donors (Lipinski definition) is 4. The Morgan fingerprint density at radius 1 is 1.06 bits per heavy atom. The van der Waals surface area contributed by atoms with E-state index in [9.17, 15) is 28.2 Å². The van der Waals surface area contributed by atoms with Gasteiger partial charge >= 0.3 is 0 Å². The molecule has 1 aromatic heterocycles. The molecule has 0 aliphatic heterocycles. The lowest BCUT2D eigenvalue weighted by Crippen LogP contribution is -2.34. The van der Waals surface area contributed by atoms with E-state index in [-0.39, 0.29) is 44.9 Å². The molecule has 0 fully saturated rings. The molecule has 2 amide bonds. The van der Waals surface area contributed by atoms with Crippen molar-refractivity contribution in [3.05, 3.63) is 64.8 Å². The molecular formula is C24H24ClN3O7S. The third kappa shape index (κ3) is 5.69. The van der Waals surface area contributed by atoms with Crippen molar-refractivity contribution < 1.29 is 33.0 Å². The van der Waals surface area contributed by atoms with E-state index >= 15 is 0 Å². The van der Waals surface area contributed by atoms with E-state index in [1.165, 1.54) is 44.4 Å². The SMILES string of the molecule is CCC(C(=O)Nc1cc(O)c(NC(=O)c2cc(C)ccc2O)cc1Cl)S(=O)(=O)c1ccc(OC)nc1. The van der Waals surface area contributed by atoms with Crippen LogP contribution < -0.4 is 15.4 Å². The number of rotatable bonds is 8. The van der Waals surface area contributed by atoms with Crippen molar-refractivity contribution in [2.24, 2.45) is 0 Å². The number of phenolic OH excluding ortho intramolecular Hbond substituents is 2. The summed E-state index contributed by atoms with van der Waals surface area (Å²) < 4.78 is 31.0. The number of phenols is 2. The Bertz CT molecular complexity index is 1410. The number of methoxy groups -OCH3 is 1. The van der Waals surface area contributed by atoms with Crippen LogP contribution in [0.2, 0.25) is 5.02 Å². The van der Waals surface area contributed by atoms with Gasteiger partial charge in [0.2, 0.25) is 11.8 Å². The minimum atomic E-state index is -4.10. The van der Waals surface area contributed by atoms with Gasteiger partial charge < -0.3 is 25.6 Å². The van der Waals surface area contributed by atoms with Crippen molar-refractivity contribution in [1.82, 2.24) is 4.98 Å². The summed E-state index contributed by atoms with van der Waals surface area (Å²) in [5, 5.41) is 23.7. The monoisotopic (exact) mass is 533 g/mol. The number of benzene rings is 2. The van der Waals surface area contributed by atoms with Gasteiger partial charge in [-0.25, -0.2) is 13.4 Å². The summed E-state index contributed by atoms with van der Waals surface area (Å²) in [6.45, 7) is 3.29. The minimum absolute atomic E-state index is 0.00748. The molecule has 3 aromatic rings. The minimum Gasteiger partial charge on any atom is -0.507 e. The first-order chi connectivity index (χ1) is 17.0. The molecule has 1 unspecified atom stereocenters. The first-order valence-electron chi connectivity index (χ1n) is 10.7. The highest BCUT2D eigenvalue weighted by Gasteiger charge is 2.33. The van der Waals surface area contributed by atoms with Gasteiger partial charge in [-0.3, -0.25) is 9.59 Å². The van der Waals surface area contributed by atoms with Gasteiger partial charge in [-0.2, -0.15) is 0 Å². The number of anilines is 2. The third-order valence-corrected chi connectivity index (χ3v) is 7.78. The molecule has 0 saturated carbocycles. The molecule has 0 aliphatic rings. The fourth-order valence-corrected chi connectivity index (χ4v) is 5.13. The van der Waals surface area contributed by atoms with Gasteiger partial charge in [0.05, 0.1) is 34.0 Å². The summed E-state index contributed by atoms with van der Waals surface area (Å²) >= 11 is 6.24. The first kappa shape index (κ1) is 26.8. The number of aromatic hydroxyl groups is 2. The molecule has 12 heteroatoms. The lowest BCUT2D eigenvalue weighted by molar-refractivity contribution is -0.115. The molecule has 0 bridgehead atoms. The second kappa shape index (κ2) is 10.8. The van der Waals surface area contributed by atoms with Crippen LogP contribution in [-0.2, 0) is 14.6 Å². The number of aryl methyl sites for hydroxylation is 1. The Hall–Kier alpha value is -3.83. The zero-order valence-electron chi connectivity index (χ0n) is 19.6. The van der Waals surface area contributed by atoms with Crippen LogP contribution >= 0.6 is 11.6 Å². The number of halogens is 1. The first-order valence-corrected chi connectivity index (χ1v) is 12.6. The number of amides is 2. The highest BCUT2D eigenvalue weighted by Crippen LogP contribution is 2.35. The summed E-state index contributed by atoms with van der Waals surface area (Å²) in [6.07, 6.45) is 1.06. The predicted octanol–water partition coefficient (Wildman–Crippen LogP) is 3.91. The number of aromatic nitrogens is 1. The van der Waals surface area contributed by atoms with E-state index in [0.717, 1.165) is 17.8 Å². The van der Waals surface area contributed by atoms with Crippen LogP contribution in [0.15, 0.2) is 53.6 Å². The molecule has 4 N–H and O–H groups in total. The van der Waals surface area contributed by atoms with E-state index in [0.29, 0.717) is 0 Å². The average Bonchev–Trinajstić information content (AvgIpc) is 2.84. The highest BCUT2D eigenvalue weighted by atomic mass is 35.5. The quantitative estimate of drug-likeness (QED) is 0.318. The molecule has 0 aliphatic carbocycles. The zero-order chi connectivity index (χ0) is 26.6. The molecule has 3 rings (SSSR count). The van der Waals surface area contributed by atoms with Crippen molar-refractivity contribution in [3.63, 3.8) is 0 Å². The fourth-order valence-electron chi connectivity index (χ4n) is 3.36. The largest absolute Gasteiger partial charge is 0.507 e. The number of nitrogens with zero attached hydrogens (tertiary/aromatic N) is 1. The molecule has 0 radical (unpaired) electrons. The maximum Gasteiger partial charge on any atom is 0.259 e. The van der Waals surface area contributed by atoms with Crippen molar-refractivity contribution >= 4 is 44.6 Å². The number of pyridine rings is 1.